The van der Waals surface area contributed by atoms with Gasteiger partial charge in [-0.2, -0.15) is 9.97 Å². The van der Waals surface area contributed by atoms with E-state index in [4.69, 9.17) is 63.6 Å². The van der Waals surface area contributed by atoms with E-state index in [0.717, 1.165) is 31.6 Å². The van der Waals surface area contributed by atoms with E-state index in [2.05, 4.69) is 39.1 Å². The van der Waals surface area contributed by atoms with E-state index < -0.39 is 17.9 Å². The molecule has 1 atom stereocenters. The Balaban J connectivity index is 1.02. The predicted molar refractivity (Wildman–Crippen MR) is 291 cm³/mol. The van der Waals surface area contributed by atoms with Crippen molar-refractivity contribution in [1.82, 2.24) is 25.3 Å². The standard InChI is InChI=1S/C54H88N8O16/c1-42(2)16-20-70-24-28-73-30-32-75-34-36-77-38-39-78-37-35-76-33-31-74-29-25-71-21-17-47(64)9-5-7-19-69-23-27-72-26-22-68-18-6-4-8-46(63)14-15-48(53(66)67)59-52(65)43-10-12-45(13-11-43)62(3)41-44-40-57-51-49(58-44)50(55)60-54(56)61-51/h10-13,40,42,48H,4-9,14-39,41H2,1-3H3,(H,59,65)(H,66,67)(H4,55,56,57,60,61). The Kier molecular flexibility index (Phi) is 37.6. The lowest BCUT2D eigenvalue weighted by molar-refractivity contribution is -0.139. The van der Waals surface area contributed by atoms with Crippen molar-refractivity contribution in [3.8, 4) is 0 Å². The summed E-state index contributed by atoms with van der Waals surface area (Å²) in [6.07, 6.45) is 6.56. The number of amides is 1. The van der Waals surface area contributed by atoms with Crippen molar-refractivity contribution in [3.05, 3.63) is 41.7 Å². The zero-order valence-electron chi connectivity index (χ0n) is 46.3. The van der Waals surface area contributed by atoms with Crippen molar-refractivity contribution in [3.63, 3.8) is 0 Å². The highest BCUT2D eigenvalue weighted by Gasteiger charge is 2.22. The highest BCUT2D eigenvalue weighted by atomic mass is 16.6. The number of nitrogens with two attached hydrogens (primary N) is 2. The minimum absolute atomic E-state index is 0.0107. The highest BCUT2D eigenvalue weighted by Crippen LogP contribution is 2.19. The molecular weight excluding hydrogens is 1020 g/mol. The number of anilines is 3. The molecule has 0 saturated carbocycles. The molecule has 0 fully saturated rings. The number of Topliss-reactive ketones (excluding diaryl/α,β-unsaturated/α-hetero) is 2. The van der Waals surface area contributed by atoms with E-state index in [-0.39, 0.29) is 48.2 Å². The number of hydrogen-bond donors (Lipinski definition) is 4. The number of carboxylic acids is 1. The number of fused-ring (bicyclic) bond motifs is 1. The third-order valence-electron chi connectivity index (χ3n) is 11.5. The number of ether oxygens (including phenoxy) is 11. The number of hydrogen-bond acceptors (Lipinski definition) is 22. The van der Waals surface area contributed by atoms with Gasteiger partial charge in [0.15, 0.2) is 17.0 Å². The van der Waals surface area contributed by atoms with Gasteiger partial charge in [0.25, 0.3) is 5.91 Å². The van der Waals surface area contributed by atoms with Crippen molar-refractivity contribution in [2.45, 2.75) is 90.6 Å². The SMILES string of the molecule is CC(C)CCOCCOCCOCCOCCOCCOCCOCCOCCC(=O)CCCCOCCOCCOCCCCC(=O)CCC(NC(=O)c1ccc(N(C)Cc2cnc3nc(N)nc(N)c3n2)cc1)C(=O)O. The summed E-state index contributed by atoms with van der Waals surface area (Å²) in [4.78, 5) is 68.2. The van der Waals surface area contributed by atoms with Crippen LogP contribution in [0.25, 0.3) is 11.2 Å². The number of carbonyl (C=O) groups is 4. The molecule has 2 aromatic heterocycles. The van der Waals surface area contributed by atoms with Crippen LogP contribution in [0.1, 0.15) is 94.1 Å². The molecule has 6 N–H and O–H groups in total. The van der Waals surface area contributed by atoms with Crippen LogP contribution in [0.15, 0.2) is 30.5 Å². The van der Waals surface area contributed by atoms with E-state index >= 15 is 0 Å². The van der Waals surface area contributed by atoms with E-state index in [1.165, 1.54) is 0 Å². The molecule has 2 heterocycles. The van der Waals surface area contributed by atoms with Crippen molar-refractivity contribution in [2.75, 3.05) is 169 Å². The number of aliphatic carboxylic acids is 1. The molecule has 1 amide bonds. The number of nitrogen functional groups attached to an aromatic ring is 2. The topological polar surface area (TPSA) is 309 Å². The predicted octanol–water partition coefficient (Wildman–Crippen LogP) is 4.28. The van der Waals surface area contributed by atoms with Gasteiger partial charge in [0.1, 0.15) is 17.6 Å². The number of carboxylic acid groups (broad SMARTS) is 1. The normalized spacial score (nSPS) is 11.9. The molecule has 0 radical (unpaired) electrons. The van der Waals surface area contributed by atoms with Crippen LogP contribution in [-0.2, 0) is 73.0 Å². The summed E-state index contributed by atoms with van der Waals surface area (Å²) < 4.78 is 60.7. The van der Waals surface area contributed by atoms with Gasteiger partial charge in [0.05, 0.1) is 144 Å². The van der Waals surface area contributed by atoms with Crippen molar-refractivity contribution in [2.24, 2.45) is 5.92 Å². The molecule has 1 unspecified atom stereocenters. The number of benzene rings is 1. The third-order valence-corrected chi connectivity index (χ3v) is 11.5. The number of carbonyl (C=O) groups excluding carboxylic acids is 3. The first-order valence-electron chi connectivity index (χ1n) is 27.2. The summed E-state index contributed by atoms with van der Waals surface area (Å²) in [7, 11) is 1.84. The van der Waals surface area contributed by atoms with Crippen LogP contribution in [0, 0.1) is 5.92 Å². The van der Waals surface area contributed by atoms with Crippen LogP contribution in [0.3, 0.4) is 0 Å². The van der Waals surface area contributed by atoms with E-state index in [9.17, 15) is 24.3 Å². The van der Waals surface area contributed by atoms with Gasteiger partial charge in [-0.25, -0.2) is 14.8 Å². The van der Waals surface area contributed by atoms with Gasteiger partial charge >= 0.3 is 5.97 Å². The molecular formula is C54H88N8O16. The van der Waals surface area contributed by atoms with Crippen LogP contribution >= 0.6 is 0 Å². The lowest BCUT2D eigenvalue weighted by Gasteiger charge is -2.19. The molecule has 1 aromatic carbocycles. The molecule has 24 heteroatoms. The van der Waals surface area contributed by atoms with Crippen LogP contribution in [0.5, 0.6) is 0 Å². The Labute approximate surface area is 459 Å². The molecule has 3 rings (SSSR count). The minimum Gasteiger partial charge on any atom is -0.480 e. The van der Waals surface area contributed by atoms with Crippen LogP contribution in [0.4, 0.5) is 17.5 Å². The third kappa shape index (κ3) is 33.3. The lowest BCUT2D eigenvalue weighted by atomic mass is 10.0. The maximum Gasteiger partial charge on any atom is 0.326 e. The average molecular weight is 1110 g/mol. The fourth-order valence-electron chi connectivity index (χ4n) is 7.06. The van der Waals surface area contributed by atoms with Crippen molar-refractivity contribution in [1.29, 1.82) is 0 Å². The summed E-state index contributed by atoms with van der Waals surface area (Å²) in [5.74, 6) is -0.915. The Morgan fingerprint density at radius 2 is 0.974 bits per heavy atom. The van der Waals surface area contributed by atoms with E-state index in [0.29, 0.717) is 194 Å². The minimum atomic E-state index is -1.22. The highest BCUT2D eigenvalue weighted by molar-refractivity contribution is 5.97. The number of rotatable bonds is 52. The van der Waals surface area contributed by atoms with Crippen molar-refractivity contribution >= 4 is 52.1 Å². The fraction of sp³-hybridized carbons (Fsp3) is 0.704. The summed E-state index contributed by atoms with van der Waals surface area (Å²) in [5, 5.41) is 12.3. The first-order chi connectivity index (χ1) is 37.9. The largest absolute Gasteiger partial charge is 0.480 e. The summed E-state index contributed by atoms with van der Waals surface area (Å²) in [6, 6.07) is 5.42. The molecule has 0 aliphatic heterocycles. The summed E-state index contributed by atoms with van der Waals surface area (Å²) >= 11 is 0. The molecule has 24 nitrogen and oxygen atoms in total. The number of unbranched alkanes of at least 4 members (excludes halogenated alkanes) is 2. The zero-order chi connectivity index (χ0) is 56.3. The van der Waals surface area contributed by atoms with Gasteiger partial charge in [-0.1, -0.05) is 13.8 Å². The summed E-state index contributed by atoms with van der Waals surface area (Å²) in [6.45, 7) is 15.5. The molecule has 0 saturated heterocycles. The zero-order valence-corrected chi connectivity index (χ0v) is 46.3. The monoisotopic (exact) mass is 1100 g/mol. The molecule has 0 bridgehead atoms. The van der Waals surface area contributed by atoms with Gasteiger partial charge in [-0.05, 0) is 68.7 Å². The van der Waals surface area contributed by atoms with E-state index in [1.54, 1.807) is 30.5 Å². The maximum atomic E-state index is 12.9. The molecule has 0 aliphatic carbocycles. The fourth-order valence-corrected chi connectivity index (χ4v) is 7.06. The smallest absolute Gasteiger partial charge is 0.326 e. The summed E-state index contributed by atoms with van der Waals surface area (Å²) in [5.41, 5.74) is 13.9. The molecule has 0 spiro atoms. The second kappa shape index (κ2) is 43.7. The van der Waals surface area contributed by atoms with Gasteiger partial charge in [-0.3, -0.25) is 14.4 Å². The second-order valence-electron chi connectivity index (χ2n) is 18.5. The van der Waals surface area contributed by atoms with Gasteiger partial charge < -0.3 is 78.9 Å². The van der Waals surface area contributed by atoms with E-state index in [1.807, 2.05) is 11.9 Å². The average Bonchev–Trinajstić information content (AvgIpc) is 3.43. The Morgan fingerprint density at radius 3 is 1.44 bits per heavy atom. The molecule has 78 heavy (non-hydrogen) atoms. The maximum absolute atomic E-state index is 12.9. The van der Waals surface area contributed by atoms with Gasteiger partial charge in [0.2, 0.25) is 5.95 Å². The first-order valence-corrected chi connectivity index (χ1v) is 27.2. The van der Waals surface area contributed by atoms with Gasteiger partial charge in [-0.15, -0.1) is 0 Å². The van der Waals surface area contributed by atoms with Crippen molar-refractivity contribution < 1.29 is 76.4 Å². The first kappa shape index (κ1) is 67.2. The van der Waals surface area contributed by atoms with Crippen LogP contribution < -0.4 is 21.7 Å². The van der Waals surface area contributed by atoms with Crippen LogP contribution in [0.2, 0.25) is 0 Å². The Bertz CT molecular complexity index is 2080. The number of ketones is 2. The second-order valence-corrected chi connectivity index (χ2v) is 18.5. The quantitative estimate of drug-likeness (QED) is 0.0573. The number of nitrogens with zero attached hydrogens (tertiary/aromatic N) is 5. The Hall–Kier alpha value is -5.12. The molecule has 3 aromatic rings. The number of aromatic nitrogens is 4. The lowest BCUT2D eigenvalue weighted by Crippen LogP contribution is -2.41. The molecule has 440 valence electrons. The van der Waals surface area contributed by atoms with Crippen LogP contribution in [-0.4, -0.2) is 207 Å². The number of nitrogens with one attached hydrogen (secondary N) is 1. The van der Waals surface area contributed by atoms with Gasteiger partial charge in [0, 0.05) is 63.8 Å². The Morgan fingerprint density at radius 1 is 0.538 bits per heavy atom. The molecule has 0 aliphatic rings.